The standard InChI is InChI=1S/C43H54F3NO19S2Si/c1-41(2,3)69(42(4,5)6)59-24-30-33(66-69)34(31(47-40(49)43(44,45)46)38(61-30)60-28-20-18-27(56-7)19-21-28)64-39-36(63-37(48)26-16-12-9-13-17-26)35(57-22-25-14-10-8-11-15-25)32(65-68(53,54)55)29(62-39)23-58-67(50,51)52/h8-21,29-36,38-39H,22-24H2,1-7H3,(H,47,49)(H,50,51,52)(H,53,54,55)/t29-,30-,31-,32-,33+,34-,35+,36-,38-,39+/m1/s1. The van der Waals surface area contributed by atoms with Gasteiger partial charge in [0.1, 0.15) is 54.2 Å². The molecule has 10 atom stereocenters. The molecule has 20 nitrogen and oxygen atoms in total. The van der Waals surface area contributed by atoms with E-state index >= 15 is 0 Å². The van der Waals surface area contributed by atoms with Crippen LogP contribution in [-0.2, 0) is 73.1 Å². The topological polar surface area (TPSA) is 256 Å². The molecule has 3 aliphatic heterocycles. The van der Waals surface area contributed by atoms with Crippen molar-refractivity contribution in [2.75, 3.05) is 20.3 Å². The summed E-state index contributed by atoms with van der Waals surface area (Å²) < 4.78 is 178. The third-order valence-electron chi connectivity index (χ3n) is 11.3. The molecule has 0 spiro atoms. The highest BCUT2D eigenvalue weighted by molar-refractivity contribution is 7.81. The van der Waals surface area contributed by atoms with Crippen LogP contribution in [0, 0.1) is 0 Å². The molecule has 0 aliphatic carbocycles. The fourth-order valence-corrected chi connectivity index (χ4v) is 14.3. The predicted octanol–water partition coefficient (Wildman–Crippen LogP) is 5.23. The van der Waals surface area contributed by atoms with E-state index in [4.69, 9.17) is 46.2 Å². The van der Waals surface area contributed by atoms with E-state index in [-0.39, 0.29) is 17.9 Å². The summed E-state index contributed by atoms with van der Waals surface area (Å²) in [4.78, 5) is 27.2. The molecule has 0 bridgehead atoms. The van der Waals surface area contributed by atoms with E-state index in [1.165, 1.54) is 55.6 Å². The number of rotatable bonds is 16. The van der Waals surface area contributed by atoms with E-state index in [0.29, 0.717) is 11.3 Å². The van der Waals surface area contributed by atoms with Crippen LogP contribution in [-0.4, -0.2) is 134 Å². The minimum atomic E-state index is -5.54. The lowest BCUT2D eigenvalue weighted by Crippen LogP contribution is -2.75. The maximum Gasteiger partial charge on any atom is 0.471 e. The number of methoxy groups -OCH3 is 1. The number of amides is 1. The fourth-order valence-electron chi connectivity index (χ4n) is 8.49. The minimum absolute atomic E-state index is 0.0144. The van der Waals surface area contributed by atoms with E-state index in [9.17, 15) is 48.7 Å². The molecule has 3 heterocycles. The van der Waals surface area contributed by atoms with Crippen LogP contribution in [0.4, 0.5) is 13.2 Å². The van der Waals surface area contributed by atoms with Crippen molar-refractivity contribution in [3.05, 3.63) is 96.1 Å². The number of hydrogen-bond donors (Lipinski definition) is 3. The van der Waals surface area contributed by atoms with E-state index < -0.39 is 132 Å². The molecule has 1 amide bonds. The highest BCUT2D eigenvalue weighted by Crippen LogP contribution is 2.55. The highest BCUT2D eigenvalue weighted by Gasteiger charge is 2.66. The van der Waals surface area contributed by atoms with E-state index in [1.807, 2.05) is 46.9 Å². The van der Waals surface area contributed by atoms with Crippen molar-refractivity contribution in [2.45, 2.75) is 126 Å². The van der Waals surface area contributed by atoms with Gasteiger partial charge in [0.25, 0.3) is 0 Å². The number of alkyl halides is 3. The molecule has 3 N–H and O–H groups in total. The summed E-state index contributed by atoms with van der Waals surface area (Å²) in [7, 11) is -13.2. The van der Waals surface area contributed by atoms with Crippen molar-refractivity contribution < 1.29 is 99.1 Å². The molecule has 3 aliphatic rings. The van der Waals surface area contributed by atoms with Crippen LogP contribution in [0.1, 0.15) is 57.5 Å². The average Bonchev–Trinajstić information content (AvgIpc) is 3.26. The normalized spacial score (nSPS) is 27.7. The predicted molar refractivity (Wildman–Crippen MR) is 234 cm³/mol. The Bertz CT molecular complexity index is 2430. The van der Waals surface area contributed by atoms with Gasteiger partial charge >= 0.3 is 47.4 Å². The number of nitrogens with one attached hydrogen (secondary N) is 1. The number of fused-ring (bicyclic) bond motifs is 1. The Morgan fingerprint density at radius 3 is 1.91 bits per heavy atom. The van der Waals surface area contributed by atoms with Crippen molar-refractivity contribution >= 4 is 41.2 Å². The lowest BCUT2D eigenvalue weighted by Gasteiger charge is -2.58. The second kappa shape index (κ2) is 21.2. The zero-order chi connectivity index (χ0) is 50.7. The molecule has 0 saturated carbocycles. The Labute approximate surface area is 398 Å². The van der Waals surface area contributed by atoms with Crippen molar-refractivity contribution in [3.63, 3.8) is 0 Å². The third-order valence-corrected chi connectivity index (χ3v) is 17.3. The van der Waals surface area contributed by atoms with E-state index in [2.05, 4.69) is 4.18 Å². The monoisotopic (exact) mass is 1040 g/mol. The van der Waals surface area contributed by atoms with Crippen LogP contribution in [0.2, 0.25) is 10.1 Å². The summed E-state index contributed by atoms with van der Waals surface area (Å²) in [6.07, 6.45) is -22.5. The summed E-state index contributed by atoms with van der Waals surface area (Å²) in [6, 6.07) is 19.1. The molecule has 382 valence electrons. The Morgan fingerprint density at radius 1 is 0.768 bits per heavy atom. The number of esters is 1. The van der Waals surface area contributed by atoms with Gasteiger partial charge in [-0.05, 0) is 42.0 Å². The highest BCUT2D eigenvalue weighted by atomic mass is 32.3. The van der Waals surface area contributed by atoms with Gasteiger partial charge in [0.15, 0.2) is 12.4 Å². The third kappa shape index (κ3) is 13.4. The minimum Gasteiger partial charge on any atom is -0.497 e. The van der Waals surface area contributed by atoms with Gasteiger partial charge in [-0.2, -0.15) is 30.0 Å². The zero-order valence-electron chi connectivity index (χ0n) is 38.3. The Morgan fingerprint density at radius 2 is 1.36 bits per heavy atom. The Kier molecular flexibility index (Phi) is 16.6. The average molecular weight is 1040 g/mol. The second-order valence-electron chi connectivity index (χ2n) is 18.2. The maximum absolute atomic E-state index is 14.4. The molecule has 69 heavy (non-hydrogen) atoms. The van der Waals surface area contributed by atoms with Gasteiger partial charge in [0, 0.05) is 10.1 Å². The largest absolute Gasteiger partial charge is 0.497 e. The van der Waals surface area contributed by atoms with Gasteiger partial charge in [-0.3, -0.25) is 13.9 Å². The van der Waals surface area contributed by atoms with Gasteiger partial charge in [-0.15, -0.1) is 0 Å². The molecule has 0 unspecified atom stereocenters. The van der Waals surface area contributed by atoms with Crippen LogP contribution in [0.3, 0.4) is 0 Å². The summed E-state index contributed by atoms with van der Waals surface area (Å²) in [5, 5.41) is 0.356. The number of hydrogen-bond acceptors (Lipinski definition) is 17. The van der Waals surface area contributed by atoms with Gasteiger partial charge in [-0.1, -0.05) is 90.1 Å². The van der Waals surface area contributed by atoms with Crippen molar-refractivity contribution in [3.8, 4) is 11.5 Å². The second-order valence-corrected chi connectivity index (χ2v) is 25.1. The van der Waals surface area contributed by atoms with Gasteiger partial charge in [0.05, 0.1) is 32.5 Å². The quantitative estimate of drug-likeness (QED) is 0.0943. The number of carbonyl (C=O) groups is 2. The first-order valence-electron chi connectivity index (χ1n) is 21.2. The molecular formula is C43H54F3NO19S2Si. The molecule has 0 aromatic heterocycles. The smallest absolute Gasteiger partial charge is 0.471 e. The van der Waals surface area contributed by atoms with Crippen molar-refractivity contribution in [1.82, 2.24) is 5.32 Å². The summed E-state index contributed by atoms with van der Waals surface area (Å²) in [6.45, 7) is 9.08. The summed E-state index contributed by atoms with van der Waals surface area (Å²) in [5.74, 6) is -3.20. The van der Waals surface area contributed by atoms with Crippen molar-refractivity contribution in [2.24, 2.45) is 0 Å². The molecular weight excluding hydrogens is 984 g/mol. The first kappa shape index (κ1) is 54.0. The molecule has 26 heteroatoms. The number of benzene rings is 3. The van der Waals surface area contributed by atoms with E-state index in [1.54, 1.807) is 36.4 Å². The van der Waals surface area contributed by atoms with Crippen LogP contribution in [0.25, 0.3) is 0 Å². The molecule has 3 saturated heterocycles. The molecule has 3 aromatic carbocycles. The van der Waals surface area contributed by atoms with Crippen molar-refractivity contribution in [1.29, 1.82) is 0 Å². The first-order chi connectivity index (χ1) is 32.1. The SMILES string of the molecule is COc1ccc(O[C@@H]2O[C@@H]3CO[Si](C(C)(C)C)(C(C)(C)C)O[C@@H]3[C@H](O[C@@H]3O[C@H](COS(=O)(=O)O)[C@@H](OS(=O)(=O)O)[C@H](OCc4ccccc4)[C@H]3OC(=O)c3ccccc3)[C@H]2NC(=O)C(F)(F)F)cc1. The van der Waals surface area contributed by atoms with Crippen LogP contribution in [0.5, 0.6) is 11.5 Å². The molecule has 3 aromatic rings. The van der Waals surface area contributed by atoms with Gasteiger partial charge < -0.3 is 47.3 Å². The first-order valence-corrected chi connectivity index (χ1v) is 25.8. The Hall–Kier alpha value is -4.29. The summed E-state index contributed by atoms with van der Waals surface area (Å²) >= 11 is 0. The van der Waals surface area contributed by atoms with Crippen LogP contribution >= 0.6 is 0 Å². The zero-order valence-corrected chi connectivity index (χ0v) is 40.9. The number of ether oxygens (including phenoxy) is 7. The lowest BCUT2D eigenvalue weighted by atomic mass is 9.95. The molecule has 0 radical (unpaired) electrons. The van der Waals surface area contributed by atoms with Crippen LogP contribution in [0.15, 0.2) is 84.9 Å². The fraction of sp³-hybridized carbons (Fsp3) is 0.535. The maximum atomic E-state index is 14.4. The van der Waals surface area contributed by atoms with Crippen LogP contribution < -0.4 is 14.8 Å². The van der Waals surface area contributed by atoms with E-state index in [0.717, 1.165) is 0 Å². The Balaban J connectivity index is 1.56. The number of halogens is 3. The summed E-state index contributed by atoms with van der Waals surface area (Å²) in [5.41, 5.74) is 0.350. The van der Waals surface area contributed by atoms with Gasteiger partial charge in [-0.25, -0.2) is 13.2 Å². The number of carbonyl (C=O) groups excluding carboxylic acids is 2. The van der Waals surface area contributed by atoms with Gasteiger partial charge in [0.2, 0.25) is 6.29 Å². The molecule has 6 rings (SSSR count). The molecule has 3 fully saturated rings. The lowest BCUT2D eigenvalue weighted by molar-refractivity contribution is -0.343.